The van der Waals surface area contributed by atoms with Gasteiger partial charge >= 0.3 is 0 Å². The van der Waals surface area contributed by atoms with Crippen molar-refractivity contribution < 1.29 is 17.9 Å². The highest BCUT2D eigenvalue weighted by Gasteiger charge is 2.36. The topological polar surface area (TPSA) is 75.7 Å². The molecule has 3 rings (SSSR count). The molecule has 0 unspecified atom stereocenters. The van der Waals surface area contributed by atoms with E-state index in [1.54, 1.807) is 44.3 Å². The van der Waals surface area contributed by atoms with Crippen LogP contribution in [0.1, 0.15) is 19.4 Å². The quantitative estimate of drug-likeness (QED) is 0.837. The summed E-state index contributed by atoms with van der Waals surface area (Å²) in [6.07, 6.45) is 0. The standard InChI is InChI=1S/C19H21ClN2O4S/c1-12-5-6-13(20)9-17(12)27(24,25)21-14-7-8-15-16(10-14)26-11-19(2,3)18(23)22(15)4/h5-10,21H,11H2,1-4H3. The van der Waals surface area contributed by atoms with Gasteiger partial charge < -0.3 is 9.64 Å². The zero-order valence-corrected chi connectivity index (χ0v) is 17.1. The second kappa shape index (κ2) is 6.73. The van der Waals surface area contributed by atoms with Crippen LogP contribution in [0.25, 0.3) is 0 Å². The summed E-state index contributed by atoms with van der Waals surface area (Å²) in [4.78, 5) is 14.2. The Morgan fingerprint density at radius 1 is 1.19 bits per heavy atom. The molecule has 0 saturated heterocycles. The van der Waals surface area contributed by atoms with Gasteiger partial charge in [-0.1, -0.05) is 17.7 Å². The van der Waals surface area contributed by atoms with Gasteiger partial charge in [-0.15, -0.1) is 0 Å². The second-order valence-corrected chi connectivity index (χ2v) is 9.32. The number of ether oxygens (including phenoxy) is 1. The number of nitrogens with zero attached hydrogens (tertiary/aromatic N) is 1. The van der Waals surface area contributed by atoms with E-state index >= 15 is 0 Å². The minimum Gasteiger partial charge on any atom is -0.490 e. The third-order valence-electron chi connectivity index (χ3n) is 4.49. The molecule has 1 amide bonds. The van der Waals surface area contributed by atoms with Crippen LogP contribution in [-0.4, -0.2) is 28.0 Å². The first-order valence-electron chi connectivity index (χ1n) is 8.35. The number of benzene rings is 2. The zero-order valence-electron chi connectivity index (χ0n) is 15.5. The summed E-state index contributed by atoms with van der Waals surface area (Å²) in [5, 5.41) is 0.341. The maximum atomic E-state index is 12.8. The molecule has 0 spiro atoms. The van der Waals surface area contributed by atoms with Gasteiger partial charge in [-0.3, -0.25) is 9.52 Å². The summed E-state index contributed by atoms with van der Waals surface area (Å²) in [6, 6.07) is 9.55. The van der Waals surface area contributed by atoms with Gasteiger partial charge in [0.05, 0.1) is 21.7 Å². The minimum absolute atomic E-state index is 0.0656. The molecule has 0 bridgehead atoms. The third kappa shape index (κ3) is 3.75. The summed E-state index contributed by atoms with van der Waals surface area (Å²) in [7, 11) is -2.14. The van der Waals surface area contributed by atoms with E-state index in [2.05, 4.69) is 4.72 Å². The lowest BCUT2D eigenvalue weighted by Crippen LogP contribution is -2.39. The summed E-state index contributed by atoms with van der Waals surface area (Å²) >= 11 is 5.95. The molecule has 8 heteroatoms. The molecule has 1 heterocycles. The number of carbonyl (C=O) groups excluding carboxylic acids is 1. The minimum atomic E-state index is -3.82. The fraction of sp³-hybridized carbons (Fsp3) is 0.316. The SMILES string of the molecule is Cc1ccc(Cl)cc1S(=O)(=O)Nc1ccc2c(c1)OCC(C)(C)C(=O)N2C. The molecule has 1 N–H and O–H groups in total. The molecular weight excluding hydrogens is 388 g/mol. The van der Waals surface area contributed by atoms with Crippen molar-refractivity contribution in [2.75, 3.05) is 23.3 Å². The van der Waals surface area contributed by atoms with Crippen molar-refractivity contribution in [2.45, 2.75) is 25.7 Å². The molecule has 6 nitrogen and oxygen atoms in total. The van der Waals surface area contributed by atoms with Crippen LogP contribution in [0.15, 0.2) is 41.3 Å². The van der Waals surface area contributed by atoms with Crippen molar-refractivity contribution in [1.29, 1.82) is 0 Å². The van der Waals surface area contributed by atoms with Crippen molar-refractivity contribution in [2.24, 2.45) is 5.41 Å². The van der Waals surface area contributed by atoms with Crippen LogP contribution in [-0.2, 0) is 14.8 Å². The van der Waals surface area contributed by atoms with E-state index < -0.39 is 15.4 Å². The Bertz CT molecular complexity index is 1020. The van der Waals surface area contributed by atoms with Gasteiger partial charge in [-0.2, -0.15) is 0 Å². The molecule has 2 aromatic rings. The predicted octanol–water partition coefficient (Wildman–Crippen LogP) is 3.83. The molecule has 0 atom stereocenters. The first-order chi connectivity index (χ1) is 12.5. The molecule has 1 aliphatic heterocycles. The lowest BCUT2D eigenvalue weighted by atomic mass is 9.93. The molecule has 2 aromatic carbocycles. The number of amides is 1. The molecule has 0 saturated carbocycles. The highest BCUT2D eigenvalue weighted by molar-refractivity contribution is 7.92. The number of fused-ring (bicyclic) bond motifs is 1. The molecule has 1 aliphatic rings. The van der Waals surface area contributed by atoms with Gasteiger partial charge in [-0.25, -0.2) is 8.42 Å². The smallest absolute Gasteiger partial charge is 0.262 e. The average Bonchev–Trinajstić information content (AvgIpc) is 2.67. The Labute approximate surface area is 164 Å². The van der Waals surface area contributed by atoms with Gasteiger partial charge in [0, 0.05) is 18.1 Å². The second-order valence-electron chi connectivity index (χ2n) is 7.23. The molecule has 0 radical (unpaired) electrons. The summed E-state index contributed by atoms with van der Waals surface area (Å²) < 4.78 is 33.8. The molecule has 0 aliphatic carbocycles. The zero-order chi connectivity index (χ0) is 20.0. The van der Waals surface area contributed by atoms with Crippen LogP contribution in [0.2, 0.25) is 5.02 Å². The summed E-state index contributed by atoms with van der Waals surface area (Å²) in [5.41, 5.74) is 0.844. The van der Waals surface area contributed by atoms with Gasteiger partial charge in [0.1, 0.15) is 12.4 Å². The van der Waals surface area contributed by atoms with E-state index in [0.29, 0.717) is 27.7 Å². The molecule has 27 heavy (non-hydrogen) atoms. The van der Waals surface area contributed by atoms with Gasteiger partial charge in [-0.05, 0) is 50.6 Å². The van der Waals surface area contributed by atoms with Gasteiger partial charge in [0.15, 0.2) is 0 Å². The van der Waals surface area contributed by atoms with Crippen molar-refractivity contribution in [3.8, 4) is 5.75 Å². The Kier molecular flexibility index (Phi) is 4.86. The molecule has 0 fully saturated rings. The Morgan fingerprint density at radius 3 is 2.59 bits per heavy atom. The maximum Gasteiger partial charge on any atom is 0.262 e. The molecule has 0 aromatic heterocycles. The number of carbonyl (C=O) groups is 1. The highest BCUT2D eigenvalue weighted by atomic mass is 35.5. The molecule has 144 valence electrons. The van der Waals surface area contributed by atoms with Crippen LogP contribution in [0.4, 0.5) is 11.4 Å². The largest absolute Gasteiger partial charge is 0.490 e. The predicted molar refractivity (Wildman–Crippen MR) is 106 cm³/mol. The summed E-state index contributed by atoms with van der Waals surface area (Å²) in [5.74, 6) is 0.378. The van der Waals surface area contributed by atoms with Crippen molar-refractivity contribution in [3.63, 3.8) is 0 Å². The van der Waals surface area contributed by atoms with E-state index in [1.807, 2.05) is 13.8 Å². The van der Waals surface area contributed by atoms with Crippen molar-refractivity contribution >= 4 is 38.9 Å². The van der Waals surface area contributed by atoms with E-state index in [4.69, 9.17) is 16.3 Å². The number of rotatable bonds is 3. The lowest BCUT2D eigenvalue weighted by Gasteiger charge is -2.24. The first kappa shape index (κ1) is 19.5. The van der Waals surface area contributed by atoms with E-state index in [1.165, 1.54) is 11.0 Å². The highest BCUT2D eigenvalue weighted by Crippen LogP contribution is 2.37. The normalized spacial score (nSPS) is 16.3. The number of hydrogen-bond donors (Lipinski definition) is 1. The van der Waals surface area contributed by atoms with Gasteiger partial charge in [0.2, 0.25) is 5.91 Å². The average molecular weight is 409 g/mol. The number of hydrogen-bond acceptors (Lipinski definition) is 4. The number of sulfonamides is 1. The van der Waals surface area contributed by atoms with Gasteiger partial charge in [0.25, 0.3) is 10.0 Å². The first-order valence-corrected chi connectivity index (χ1v) is 10.2. The number of aryl methyl sites for hydroxylation is 1. The van der Waals surface area contributed by atoms with E-state index in [0.717, 1.165) is 0 Å². The Morgan fingerprint density at radius 2 is 1.89 bits per heavy atom. The summed E-state index contributed by atoms with van der Waals surface area (Å²) in [6.45, 7) is 5.52. The Balaban J connectivity index is 1.96. The van der Waals surface area contributed by atoms with Crippen LogP contribution >= 0.6 is 11.6 Å². The number of anilines is 2. The fourth-order valence-corrected chi connectivity index (χ4v) is 4.49. The number of nitrogens with one attached hydrogen (secondary N) is 1. The third-order valence-corrected chi connectivity index (χ3v) is 6.24. The van der Waals surface area contributed by atoms with Crippen LogP contribution in [0.5, 0.6) is 5.75 Å². The van der Waals surface area contributed by atoms with E-state index in [9.17, 15) is 13.2 Å². The number of halogens is 1. The van der Waals surface area contributed by atoms with Crippen LogP contribution in [0.3, 0.4) is 0 Å². The lowest BCUT2D eigenvalue weighted by molar-refractivity contribution is -0.127. The van der Waals surface area contributed by atoms with Crippen LogP contribution in [0, 0.1) is 12.3 Å². The van der Waals surface area contributed by atoms with Crippen molar-refractivity contribution in [3.05, 3.63) is 47.0 Å². The maximum absolute atomic E-state index is 12.8. The van der Waals surface area contributed by atoms with Crippen LogP contribution < -0.4 is 14.4 Å². The molecular formula is C19H21ClN2O4S. The Hall–Kier alpha value is -2.25. The van der Waals surface area contributed by atoms with E-state index in [-0.39, 0.29) is 17.4 Å². The fourth-order valence-electron chi connectivity index (χ4n) is 2.93. The van der Waals surface area contributed by atoms with Crippen molar-refractivity contribution in [1.82, 2.24) is 0 Å². The monoisotopic (exact) mass is 408 g/mol.